The van der Waals surface area contributed by atoms with Crippen LogP contribution in [-0.4, -0.2) is 37.8 Å². The topological polar surface area (TPSA) is 111 Å². The monoisotopic (exact) mass is 401 g/mol. The second-order valence-electron chi connectivity index (χ2n) is 6.06. The van der Waals surface area contributed by atoms with E-state index in [4.69, 9.17) is 9.26 Å². The fourth-order valence-electron chi connectivity index (χ4n) is 2.54. The number of hydrogen-bond donors (Lipinski definition) is 1. The highest BCUT2D eigenvalue weighted by Crippen LogP contribution is 2.22. The number of nitrogens with one attached hydrogen (secondary N) is 1. The Morgan fingerprint density at radius 2 is 1.86 bits per heavy atom. The van der Waals surface area contributed by atoms with E-state index in [1.54, 1.807) is 37.4 Å². The number of sulfone groups is 1. The van der Waals surface area contributed by atoms with Gasteiger partial charge in [0.15, 0.2) is 9.84 Å². The Bertz CT molecular complexity index is 1070. The molecule has 3 aromatic rings. The molecule has 0 fully saturated rings. The molecule has 0 unspecified atom stereocenters. The van der Waals surface area contributed by atoms with Gasteiger partial charge in [0.2, 0.25) is 17.6 Å². The van der Waals surface area contributed by atoms with Gasteiger partial charge in [0.25, 0.3) is 0 Å². The number of carbonyl (C=O) groups excluding carboxylic acids is 1. The summed E-state index contributed by atoms with van der Waals surface area (Å²) in [5.41, 5.74) is 1.02. The fraction of sp³-hybridized carbons (Fsp3) is 0.211. The summed E-state index contributed by atoms with van der Waals surface area (Å²) in [5, 5.41) is 6.53. The summed E-state index contributed by atoms with van der Waals surface area (Å²) in [6.45, 7) is 0. The first kappa shape index (κ1) is 19.6. The van der Waals surface area contributed by atoms with Crippen molar-refractivity contribution in [1.29, 1.82) is 0 Å². The van der Waals surface area contributed by atoms with E-state index in [0.717, 1.165) is 17.6 Å². The van der Waals surface area contributed by atoms with E-state index in [2.05, 4.69) is 15.5 Å². The van der Waals surface area contributed by atoms with E-state index < -0.39 is 9.84 Å². The SMILES string of the molecule is COc1ccc(-c2noc(CCC(=O)Nc3ccccc3S(C)(=O)=O)n2)cc1. The third-order valence-corrected chi connectivity index (χ3v) is 5.10. The van der Waals surface area contributed by atoms with Crippen molar-refractivity contribution in [3.63, 3.8) is 0 Å². The second kappa shape index (κ2) is 8.22. The van der Waals surface area contributed by atoms with Crippen LogP contribution >= 0.6 is 0 Å². The van der Waals surface area contributed by atoms with Gasteiger partial charge in [-0.05, 0) is 36.4 Å². The normalized spacial score (nSPS) is 11.2. The Hall–Kier alpha value is -3.20. The largest absolute Gasteiger partial charge is 0.497 e. The third-order valence-electron chi connectivity index (χ3n) is 3.94. The number of hydrogen-bond acceptors (Lipinski definition) is 7. The highest BCUT2D eigenvalue weighted by molar-refractivity contribution is 7.90. The standard InChI is InChI=1S/C19H19N3O5S/c1-26-14-9-7-13(8-10-14)19-21-18(27-22-19)12-11-17(23)20-15-5-3-4-6-16(15)28(2,24)25/h3-10H,11-12H2,1-2H3,(H,20,23). The van der Waals surface area contributed by atoms with Crippen LogP contribution in [0, 0.1) is 0 Å². The Morgan fingerprint density at radius 1 is 1.14 bits per heavy atom. The number of ether oxygens (including phenoxy) is 1. The molecule has 0 aliphatic carbocycles. The van der Waals surface area contributed by atoms with E-state index >= 15 is 0 Å². The number of aryl methyl sites for hydroxylation is 1. The molecule has 0 saturated heterocycles. The molecule has 0 bridgehead atoms. The Kier molecular flexibility index (Phi) is 5.74. The molecular weight excluding hydrogens is 382 g/mol. The molecule has 0 aliphatic heterocycles. The van der Waals surface area contributed by atoms with Gasteiger partial charge in [0.1, 0.15) is 5.75 Å². The summed E-state index contributed by atoms with van der Waals surface area (Å²) in [7, 11) is -1.86. The van der Waals surface area contributed by atoms with Crippen LogP contribution in [0.4, 0.5) is 5.69 Å². The van der Waals surface area contributed by atoms with E-state index in [-0.39, 0.29) is 29.3 Å². The van der Waals surface area contributed by atoms with Gasteiger partial charge < -0.3 is 14.6 Å². The van der Waals surface area contributed by atoms with Crippen LogP contribution in [0.2, 0.25) is 0 Å². The molecule has 28 heavy (non-hydrogen) atoms. The molecule has 0 saturated carbocycles. The molecule has 1 heterocycles. The third kappa shape index (κ3) is 4.74. The van der Waals surface area contributed by atoms with Crippen molar-refractivity contribution >= 4 is 21.4 Å². The predicted octanol–water partition coefficient (Wildman–Crippen LogP) is 2.72. The zero-order valence-corrected chi connectivity index (χ0v) is 16.2. The van der Waals surface area contributed by atoms with Crippen molar-refractivity contribution in [2.45, 2.75) is 17.7 Å². The van der Waals surface area contributed by atoms with Gasteiger partial charge in [0, 0.05) is 24.7 Å². The fourth-order valence-corrected chi connectivity index (χ4v) is 3.38. The van der Waals surface area contributed by atoms with Crippen LogP contribution in [-0.2, 0) is 21.1 Å². The number of para-hydroxylation sites is 1. The zero-order chi connectivity index (χ0) is 20.1. The molecule has 1 amide bonds. The summed E-state index contributed by atoms with van der Waals surface area (Å²) in [6.07, 6.45) is 1.40. The summed E-state index contributed by atoms with van der Waals surface area (Å²) in [4.78, 5) is 16.6. The minimum atomic E-state index is -3.44. The van der Waals surface area contributed by atoms with Crippen LogP contribution in [0.1, 0.15) is 12.3 Å². The van der Waals surface area contributed by atoms with E-state index in [9.17, 15) is 13.2 Å². The number of amides is 1. The van der Waals surface area contributed by atoms with Crippen LogP contribution in [0.25, 0.3) is 11.4 Å². The van der Waals surface area contributed by atoms with Gasteiger partial charge in [-0.1, -0.05) is 17.3 Å². The van der Waals surface area contributed by atoms with E-state index in [0.29, 0.717) is 11.7 Å². The zero-order valence-electron chi connectivity index (χ0n) is 15.4. The quantitative estimate of drug-likeness (QED) is 0.648. The first-order chi connectivity index (χ1) is 13.4. The van der Waals surface area contributed by atoms with Gasteiger partial charge in [-0.15, -0.1) is 0 Å². The number of anilines is 1. The van der Waals surface area contributed by atoms with Crippen molar-refractivity contribution in [3.8, 4) is 17.1 Å². The lowest BCUT2D eigenvalue weighted by Gasteiger charge is -2.09. The molecule has 0 atom stereocenters. The van der Waals surface area contributed by atoms with Gasteiger partial charge in [0.05, 0.1) is 17.7 Å². The van der Waals surface area contributed by atoms with Crippen molar-refractivity contribution in [1.82, 2.24) is 10.1 Å². The van der Waals surface area contributed by atoms with Crippen molar-refractivity contribution in [2.24, 2.45) is 0 Å². The van der Waals surface area contributed by atoms with Crippen LogP contribution in [0.3, 0.4) is 0 Å². The molecule has 0 aliphatic rings. The maximum absolute atomic E-state index is 12.2. The number of aromatic nitrogens is 2. The molecule has 1 aromatic heterocycles. The van der Waals surface area contributed by atoms with Gasteiger partial charge in [-0.25, -0.2) is 8.42 Å². The minimum absolute atomic E-state index is 0.0718. The molecule has 2 aromatic carbocycles. The number of nitrogens with zero attached hydrogens (tertiary/aromatic N) is 2. The molecule has 0 radical (unpaired) electrons. The van der Waals surface area contributed by atoms with Crippen molar-refractivity contribution < 1.29 is 22.5 Å². The van der Waals surface area contributed by atoms with Gasteiger partial charge >= 0.3 is 0 Å². The molecule has 0 spiro atoms. The maximum Gasteiger partial charge on any atom is 0.227 e. The smallest absolute Gasteiger partial charge is 0.227 e. The number of rotatable bonds is 7. The molecular formula is C19H19N3O5S. The van der Waals surface area contributed by atoms with Crippen molar-refractivity contribution in [3.05, 3.63) is 54.4 Å². The first-order valence-electron chi connectivity index (χ1n) is 8.43. The van der Waals surface area contributed by atoms with Gasteiger partial charge in [-0.3, -0.25) is 4.79 Å². The predicted molar refractivity (Wildman–Crippen MR) is 103 cm³/mol. The second-order valence-corrected chi connectivity index (χ2v) is 8.04. The molecule has 146 valence electrons. The van der Waals surface area contributed by atoms with Crippen LogP contribution in [0.5, 0.6) is 5.75 Å². The Balaban J connectivity index is 1.62. The molecule has 3 rings (SSSR count). The van der Waals surface area contributed by atoms with E-state index in [1.165, 1.54) is 6.07 Å². The average Bonchev–Trinajstić information content (AvgIpc) is 3.15. The number of methoxy groups -OCH3 is 1. The lowest BCUT2D eigenvalue weighted by atomic mass is 10.2. The minimum Gasteiger partial charge on any atom is -0.497 e. The van der Waals surface area contributed by atoms with Crippen molar-refractivity contribution in [2.75, 3.05) is 18.7 Å². The Morgan fingerprint density at radius 3 is 2.54 bits per heavy atom. The summed E-state index contributed by atoms with van der Waals surface area (Å²) in [5.74, 6) is 1.11. The van der Waals surface area contributed by atoms with Crippen LogP contribution in [0.15, 0.2) is 57.9 Å². The van der Waals surface area contributed by atoms with Gasteiger partial charge in [-0.2, -0.15) is 4.98 Å². The summed E-state index contributed by atoms with van der Waals surface area (Å²) in [6, 6.07) is 13.4. The lowest BCUT2D eigenvalue weighted by Crippen LogP contribution is -2.15. The summed E-state index contributed by atoms with van der Waals surface area (Å²) < 4.78 is 33.9. The van der Waals surface area contributed by atoms with E-state index in [1.807, 2.05) is 12.1 Å². The average molecular weight is 401 g/mol. The summed E-state index contributed by atoms with van der Waals surface area (Å²) >= 11 is 0. The first-order valence-corrected chi connectivity index (χ1v) is 10.3. The number of carbonyl (C=O) groups is 1. The maximum atomic E-state index is 12.2. The van der Waals surface area contributed by atoms with Crippen LogP contribution < -0.4 is 10.1 Å². The molecule has 8 nitrogen and oxygen atoms in total. The Labute approximate surface area is 162 Å². The molecule has 9 heteroatoms. The highest BCUT2D eigenvalue weighted by Gasteiger charge is 2.15. The highest BCUT2D eigenvalue weighted by atomic mass is 32.2. The number of benzene rings is 2. The lowest BCUT2D eigenvalue weighted by molar-refractivity contribution is -0.116. The molecule has 1 N–H and O–H groups in total.